The summed E-state index contributed by atoms with van der Waals surface area (Å²) in [6.07, 6.45) is -0.106. The molecule has 1 unspecified atom stereocenters. The SMILES string of the molecule is CC1(C)O[C@H]2O[C@H]([C@H]3COC(C)(C)O3)[C@H](OC/C=C/C3O[C@H]4OC(C)(C)O[C@@H]4[C@H]4OC(C)(C)O[C@@H]34)[C@H]2O1. The average molecular weight is 529 g/mol. The maximum absolute atomic E-state index is 6.33. The summed E-state index contributed by atoms with van der Waals surface area (Å²) in [7, 11) is 0. The topological polar surface area (TPSA) is 102 Å². The van der Waals surface area contributed by atoms with Crippen molar-refractivity contribution in [2.75, 3.05) is 13.2 Å². The maximum Gasteiger partial charge on any atom is 0.190 e. The molecule has 0 bridgehead atoms. The van der Waals surface area contributed by atoms with Crippen LogP contribution in [0.4, 0.5) is 0 Å². The summed E-state index contributed by atoms with van der Waals surface area (Å²) in [5.74, 6) is -2.94. The lowest BCUT2D eigenvalue weighted by Crippen LogP contribution is -2.54. The van der Waals surface area contributed by atoms with Gasteiger partial charge in [-0.15, -0.1) is 0 Å². The molecular weight excluding hydrogens is 488 g/mol. The van der Waals surface area contributed by atoms with Crippen molar-refractivity contribution in [3.05, 3.63) is 12.2 Å². The van der Waals surface area contributed by atoms with Crippen molar-refractivity contribution < 1.29 is 52.1 Å². The van der Waals surface area contributed by atoms with E-state index in [4.69, 9.17) is 52.1 Å². The molecule has 0 amide bonds. The first-order chi connectivity index (χ1) is 17.2. The van der Waals surface area contributed by atoms with Crippen LogP contribution in [-0.2, 0) is 52.1 Å². The Kier molecular flexibility index (Phi) is 6.38. The Morgan fingerprint density at radius 1 is 0.622 bits per heavy atom. The average Bonchev–Trinajstić information content (AvgIpc) is 3.51. The van der Waals surface area contributed by atoms with Gasteiger partial charge in [0.1, 0.15) is 48.8 Å². The molecule has 0 aromatic carbocycles. The Balaban J connectivity index is 1.13. The van der Waals surface area contributed by atoms with E-state index < -0.39 is 54.0 Å². The van der Waals surface area contributed by atoms with Gasteiger partial charge in [-0.2, -0.15) is 0 Å². The molecule has 11 nitrogen and oxygen atoms in total. The summed E-state index contributed by atoms with van der Waals surface area (Å²) in [6, 6.07) is 0. The molecule has 0 radical (unpaired) electrons. The molecule has 6 rings (SSSR count). The van der Waals surface area contributed by atoms with E-state index in [1.54, 1.807) is 0 Å². The van der Waals surface area contributed by atoms with E-state index in [0.29, 0.717) is 13.2 Å². The third kappa shape index (κ3) is 5.14. The van der Waals surface area contributed by atoms with Crippen LogP contribution in [0.3, 0.4) is 0 Å². The second-order valence-corrected chi connectivity index (χ2v) is 12.3. The summed E-state index contributed by atoms with van der Waals surface area (Å²) < 4.78 is 67.2. The quantitative estimate of drug-likeness (QED) is 0.492. The van der Waals surface area contributed by atoms with Gasteiger partial charge >= 0.3 is 0 Å². The van der Waals surface area contributed by atoms with Gasteiger partial charge in [-0.05, 0) is 55.4 Å². The summed E-state index contributed by atoms with van der Waals surface area (Å²) >= 11 is 0. The van der Waals surface area contributed by atoms with Gasteiger partial charge in [-0.1, -0.05) is 12.2 Å². The van der Waals surface area contributed by atoms with E-state index in [9.17, 15) is 0 Å². The van der Waals surface area contributed by atoms with Crippen molar-refractivity contribution in [2.24, 2.45) is 0 Å². The molecule has 6 fully saturated rings. The van der Waals surface area contributed by atoms with Crippen LogP contribution in [0.2, 0.25) is 0 Å². The van der Waals surface area contributed by atoms with Crippen LogP contribution in [0.25, 0.3) is 0 Å². The van der Waals surface area contributed by atoms with E-state index in [1.807, 2.05) is 67.5 Å². The summed E-state index contributed by atoms with van der Waals surface area (Å²) in [6.45, 7) is 15.7. The second-order valence-electron chi connectivity index (χ2n) is 12.3. The smallest absolute Gasteiger partial charge is 0.190 e. The van der Waals surface area contributed by atoms with Crippen LogP contribution in [0.15, 0.2) is 12.2 Å². The van der Waals surface area contributed by atoms with Gasteiger partial charge in [0, 0.05) is 0 Å². The molecular formula is C26H40O11. The number of fused-ring (bicyclic) bond motifs is 4. The minimum atomic E-state index is -0.760. The van der Waals surface area contributed by atoms with Crippen LogP contribution in [-0.4, -0.2) is 97.8 Å². The molecule has 0 spiro atoms. The fraction of sp³-hybridized carbons (Fsp3) is 0.923. The summed E-state index contributed by atoms with van der Waals surface area (Å²) in [5, 5.41) is 0. The Bertz CT molecular complexity index is 901. The Morgan fingerprint density at radius 2 is 1.22 bits per heavy atom. The number of rotatable bonds is 5. The lowest BCUT2D eigenvalue weighted by Gasteiger charge is -2.36. The highest BCUT2D eigenvalue weighted by atomic mass is 16.9. The zero-order valence-corrected chi connectivity index (χ0v) is 22.8. The van der Waals surface area contributed by atoms with Gasteiger partial charge in [0.05, 0.1) is 13.2 Å². The van der Waals surface area contributed by atoms with E-state index >= 15 is 0 Å². The minimum Gasteiger partial charge on any atom is -0.368 e. The highest BCUT2D eigenvalue weighted by molar-refractivity contribution is 5.07. The summed E-state index contributed by atoms with van der Waals surface area (Å²) in [5.41, 5.74) is 0. The Labute approximate surface area is 217 Å². The van der Waals surface area contributed by atoms with E-state index in [2.05, 4.69) is 0 Å². The predicted molar refractivity (Wildman–Crippen MR) is 125 cm³/mol. The highest BCUT2D eigenvalue weighted by Crippen LogP contribution is 2.45. The molecule has 6 aliphatic heterocycles. The highest BCUT2D eigenvalue weighted by Gasteiger charge is 2.61. The van der Waals surface area contributed by atoms with Crippen molar-refractivity contribution in [1.82, 2.24) is 0 Å². The molecule has 6 saturated heterocycles. The molecule has 37 heavy (non-hydrogen) atoms. The van der Waals surface area contributed by atoms with Crippen molar-refractivity contribution in [3.63, 3.8) is 0 Å². The molecule has 6 heterocycles. The number of hydrogen-bond acceptors (Lipinski definition) is 11. The van der Waals surface area contributed by atoms with Gasteiger partial charge in [0.2, 0.25) is 0 Å². The van der Waals surface area contributed by atoms with E-state index in [-0.39, 0.29) is 30.5 Å². The van der Waals surface area contributed by atoms with Crippen LogP contribution in [0.1, 0.15) is 55.4 Å². The van der Waals surface area contributed by atoms with Gasteiger partial charge in [0.15, 0.2) is 35.7 Å². The zero-order chi connectivity index (χ0) is 26.4. The van der Waals surface area contributed by atoms with Gasteiger partial charge in [-0.3, -0.25) is 0 Å². The number of hydrogen-bond donors (Lipinski definition) is 0. The van der Waals surface area contributed by atoms with Crippen LogP contribution < -0.4 is 0 Å². The minimum absolute atomic E-state index is 0.293. The summed E-state index contributed by atoms with van der Waals surface area (Å²) in [4.78, 5) is 0. The largest absolute Gasteiger partial charge is 0.368 e. The van der Waals surface area contributed by atoms with Crippen LogP contribution >= 0.6 is 0 Å². The fourth-order valence-electron chi connectivity index (χ4n) is 6.02. The first kappa shape index (κ1) is 26.5. The van der Waals surface area contributed by atoms with Gasteiger partial charge < -0.3 is 52.1 Å². The normalized spacial score (nSPS) is 48.9. The van der Waals surface area contributed by atoms with Gasteiger partial charge in [-0.25, -0.2) is 0 Å². The number of ether oxygens (including phenoxy) is 11. The fourth-order valence-corrected chi connectivity index (χ4v) is 6.02. The molecule has 210 valence electrons. The van der Waals surface area contributed by atoms with E-state index in [0.717, 1.165) is 0 Å². The van der Waals surface area contributed by atoms with Crippen LogP contribution in [0.5, 0.6) is 0 Å². The van der Waals surface area contributed by atoms with E-state index in [1.165, 1.54) is 0 Å². The lowest BCUT2D eigenvalue weighted by molar-refractivity contribution is -0.235. The van der Waals surface area contributed by atoms with Crippen LogP contribution in [0, 0.1) is 0 Å². The maximum atomic E-state index is 6.33. The molecule has 0 saturated carbocycles. The second kappa shape index (κ2) is 8.90. The monoisotopic (exact) mass is 528 g/mol. The Hall–Kier alpha value is -0.700. The zero-order valence-electron chi connectivity index (χ0n) is 22.8. The molecule has 11 heteroatoms. The molecule has 0 aromatic heterocycles. The first-order valence-electron chi connectivity index (χ1n) is 13.2. The third-order valence-corrected chi connectivity index (χ3v) is 7.33. The predicted octanol–water partition coefficient (Wildman–Crippen LogP) is 2.35. The third-order valence-electron chi connectivity index (χ3n) is 7.33. The molecule has 6 aliphatic rings. The van der Waals surface area contributed by atoms with Crippen molar-refractivity contribution in [2.45, 2.75) is 140 Å². The standard InChI is InChI=1S/C26H40O11/c1-23(2)28-12-14(31-23)15-17(19-22(30-15)37-25(5,6)34-19)27-11-9-10-13-16-18(33-24(3,4)32-16)20-21(29-13)36-26(7,8)35-20/h9-10,13-22H,11-12H2,1-8H3/b10-9+/t13?,14-,15-,16+,17+,18+,19-,20-,21+,22-/m1/s1. The lowest BCUT2D eigenvalue weighted by atomic mass is 9.98. The molecule has 10 atom stereocenters. The Morgan fingerprint density at radius 3 is 1.89 bits per heavy atom. The van der Waals surface area contributed by atoms with Gasteiger partial charge in [0.25, 0.3) is 0 Å². The van der Waals surface area contributed by atoms with Crippen molar-refractivity contribution in [1.29, 1.82) is 0 Å². The molecule has 0 N–H and O–H groups in total. The molecule has 0 aliphatic carbocycles. The van der Waals surface area contributed by atoms with Crippen molar-refractivity contribution >= 4 is 0 Å². The first-order valence-corrected chi connectivity index (χ1v) is 13.2. The van der Waals surface area contributed by atoms with Crippen molar-refractivity contribution in [3.8, 4) is 0 Å². The molecule has 0 aromatic rings.